The molecule has 0 saturated carbocycles. The minimum Gasteiger partial charge on any atom is -0.481 e. The first-order valence-corrected chi connectivity index (χ1v) is 11.2. The van der Waals surface area contributed by atoms with Gasteiger partial charge in [0.15, 0.2) is 5.76 Å². The first-order valence-electron chi connectivity index (χ1n) is 11.2. The first kappa shape index (κ1) is 21.0. The number of para-hydroxylation sites is 1. The Labute approximate surface area is 193 Å². The molecule has 0 aliphatic heterocycles. The second-order valence-corrected chi connectivity index (χ2v) is 9.34. The molecular formula is C30H26O3. The molecule has 0 atom stereocenters. The van der Waals surface area contributed by atoms with Crippen LogP contribution in [0.15, 0.2) is 100 Å². The second kappa shape index (κ2) is 8.25. The summed E-state index contributed by atoms with van der Waals surface area (Å²) in [4.78, 5) is 13.4. The van der Waals surface area contributed by atoms with E-state index < -0.39 is 0 Å². The van der Waals surface area contributed by atoms with E-state index in [0.717, 1.165) is 21.9 Å². The minimum absolute atomic E-state index is 0.0381. The van der Waals surface area contributed by atoms with Gasteiger partial charge in [0.25, 0.3) is 0 Å². The molecule has 164 valence electrons. The van der Waals surface area contributed by atoms with Crippen molar-refractivity contribution in [2.45, 2.75) is 32.8 Å². The van der Waals surface area contributed by atoms with Crippen LogP contribution in [0, 0.1) is 0 Å². The third kappa shape index (κ3) is 4.03. The summed E-state index contributed by atoms with van der Waals surface area (Å²) in [5.41, 5.74) is 3.49. The summed E-state index contributed by atoms with van der Waals surface area (Å²) in [5.74, 6) is 0.699. The van der Waals surface area contributed by atoms with Crippen molar-refractivity contribution >= 4 is 21.7 Å². The van der Waals surface area contributed by atoms with E-state index in [9.17, 15) is 4.79 Å². The van der Waals surface area contributed by atoms with Crippen molar-refractivity contribution in [3.8, 4) is 17.1 Å². The van der Waals surface area contributed by atoms with Crippen molar-refractivity contribution in [3.05, 3.63) is 112 Å². The molecule has 1 heterocycles. The Bertz CT molecular complexity index is 1500. The van der Waals surface area contributed by atoms with Crippen LogP contribution in [-0.4, -0.2) is 0 Å². The van der Waals surface area contributed by atoms with Crippen molar-refractivity contribution in [1.29, 1.82) is 0 Å². The van der Waals surface area contributed by atoms with Gasteiger partial charge in [-0.15, -0.1) is 0 Å². The second-order valence-electron chi connectivity index (χ2n) is 9.34. The molecule has 0 amide bonds. The highest BCUT2D eigenvalue weighted by Crippen LogP contribution is 2.33. The molecule has 3 heteroatoms. The largest absolute Gasteiger partial charge is 0.481 e. The van der Waals surface area contributed by atoms with E-state index in [4.69, 9.17) is 9.15 Å². The van der Waals surface area contributed by atoms with Crippen LogP contribution in [0.4, 0.5) is 0 Å². The summed E-state index contributed by atoms with van der Waals surface area (Å²) >= 11 is 0. The van der Waals surface area contributed by atoms with Gasteiger partial charge in [-0.25, -0.2) is 0 Å². The molecule has 0 aliphatic rings. The summed E-state index contributed by atoms with van der Waals surface area (Å²) in [6.45, 7) is 6.81. The minimum atomic E-state index is -0.160. The highest BCUT2D eigenvalue weighted by molar-refractivity contribution is 5.86. The van der Waals surface area contributed by atoms with Gasteiger partial charge in [-0.3, -0.25) is 4.79 Å². The van der Waals surface area contributed by atoms with Gasteiger partial charge >= 0.3 is 0 Å². The Morgan fingerprint density at radius 2 is 1.42 bits per heavy atom. The van der Waals surface area contributed by atoms with Crippen LogP contribution in [0.1, 0.15) is 31.9 Å². The molecule has 0 N–H and O–H groups in total. The molecule has 0 unspecified atom stereocenters. The van der Waals surface area contributed by atoms with E-state index in [1.165, 1.54) is 5.56 Å². The lowest BCUT2D eigenvalue weighted by Crippen LogP contribution is -2.11. The fraction of sp³-hybridized carbons (Fsp3) is 0.167. The Kier molecular flexibility index (Phi) is 5.26. The van der Waals surface area contributed by atoms with Crippen molar-refractivity contribution in [3.63, 3.8) is 0 Å². The average molecular weight is 435 g/mol. The van der Waals surface area contributed by atoms with Crippen LogP contribution in [0.25, 0.3) is 33.1 Å². The molecule has 0 fully saturated rings. The normalized spacial score (nSPS) is 11.7. The van der Waals surface area contributed by atoms with Crippen LogP contribution in [0.5, 0.6) is 5.75 Å². The van der Waals surface area contributed by atoms with Gasteiger partial charge in [-0.05, 0) is 39.4 Å². The predicted molar refractivity (Wildman–Crippen MR) is 135 cm³/mol. The van der Waals surface area contributed by atoms with Crippen LogP contribution in [-0.2, 0) is 12.0 Å². The number of fused-ring (bicyclic) bond motifs is 2. The maximum atomic E-state index is 13.4. The van der Waals surface area contributed by atoms with Gasteiger partial charge in [0.1, 0.15) is 12.2 Å². The average Bonchev–Trinajstić information content (AvgIpc) is 2.83. The quantitative estimate of drug-likeness (QED) is 0.294. The summed E-state index contributed by atoms with van der Waals surface area (Å²) in [5, 5.41) is 2.77. The van der Waals surface area contributed by atoms with Crippen molar-refractivity contribution in [2.75, 3.05) is 0 Å². The lowest BCUT2D eigenvalue weighted by Gasteiger charge is -2.19. The summed E-state index contributed by atoms with van der Waals surface area (Å²) in [6, 6.07) is 29.8. The van der Waals surface area contributed by atoms with E-state index in [2.05, 4.69) is 51.1 Å². The highest BCUT2D eigenvalue weighted by atomic mass is 16.5. The van der Waals surface area contributed by atoms with E-state index in [0.29, 0.717) is 16.7 Å². The van der Waals surface area contributed by atoms with E-state index in [1.54, 1.807) is 6.07 Å². The van der Waals surface area contributed by atoms with Gasteiger partial charge in [0, 0.05) is 5.56 Å². The van der Waals surface area contributed by atoms with Crippen LogP contribution >= 0.6 is 0 Å². The molecule has 5 rings (SSSR count). The fourth-order valence-corrected chi connectivity index (χ4v) is 4.14. The highest BCUT2D eigenvalue weighted by Gasteiger charge is 2.19. The Hall–Kier alpha value is -3.85. The lowest BCUT2D eigenvalue weighted by molar-refractivity contribution is 0.299. The number of hydrogen-bond acceptors (Lipinski definition) is 3. The third-order valence-electron chi connectivity index (χ3n) is 6.02. The van der Waals surface area contributed by atoms with Crippen molar-refractivity contribution in [2.24, 2.45) is 0 Å². The summed E-state index contributed by atoms with van der Waals surface area (Å²) < 4.78 is 12.5. The van der Waals surface area contributed by atoms with Gasteiger partial charge in [0.2, 0.25) is 11.2 Å². The smallest absolute Gasteiger partial charge is 0.235 e. The Morgan fingerprint density at radius 1 is 0.758 bits per heavy atom. The molecule has 0 saturated heterocycles. The molecule has 1 aromatic heterocycles. The van der Waals surface area contributed by atoms with Crippen molar-refractivity contribution < 1.29 is 9.15 Å². The van der Waals surface area contributed by atoms with E-state index in [1.807, 2.05) is 54.6 Å². The number of ether oxygens (including phenoxy) is 1. The summed E-state index contributed by atoms with van der Waals surface area (Å²) in [6.07, 6.45) is 0. The lowest BCUT2D eigenvalue weighted by atomic mass is 9.86. The van der Waals surface area contributed by atoms with E-state index in [-0.39, 0.29) is 23.2 Å². The molecule has 0 bridgehead atoms. The SMILES string of the molecule is CC(C)(C)c1ccc(-c2oc3ccccc3c(=O)c2OCc2cccc3ccccc23)cc1. The number of hydrogen-bond donors (Lipinski definition) is 0. The fourth-order valence-electron chi connectivity index (χ4n) is 4.14. The van der Waals surface area contributed by atoms with Crippen LogP contribution in [0.3, 0.4) is 0 Å². The predicted octanol–water partition coefficient (Wildman–Crippen LogP) is 7.49. The van der Waals surface area contributed by atoms with Crippen molar-refractivity contribution in [1.82, 2.24) is 0 Å². The molecule has 5 aromatic rings. The van der Waals surface area contributed by atoms with Gasteiger partial charge in [-0.1, -0.05) is 99.6 Å². The number of benzene rings is 4. The zero-order valence-corrected chi connectivity index (χ0v) is 19.1. The monoisotopic (exact) mass is 434 g/mol. The molecule has 33 heavy (non-hydrogen) atoms. The first-order chi connectivity index (χ1) is 15.9. The third-order valence-corrected chi connectivity index (χ3v) is 6.02. The molecule has 0 spiro atoms. The maximum absolute atomic E-state index is 13.4. The van der Waals surface area contributed by atoms with Gasteiger partial charge < -0.3 is 9.15 Å². The maximum Gasteiger partial charge on any atom is 0.235 e. The zero-order valence-electron chi connectivity index (χ0n) is 19.1. The Morgan fingerprint density at radius 3 is 2.18 bits per heavy atom. The molecule has 0 aliphatic carbocycles. The zero-order chi connectivity index (χ0) is 23.0. The summed E-state index contributed by atoms with van der Waals surface area (Å²) in [7, 11) is 0. The van der Waals surface area contributed by atoms with Gasteiger partial charge in [0.05, 0.1) is 5.39 Å². The van der Waals surface area contributed by atoms with Crippen LogP contribution < -0.4 is 10.2 Å². The topological polar surface area (TPSA) is 39.4 Å². The molecule has 3 nitrogen and oxygen atoms in total. The van der Waals surface area contributed by atoms with Crippen LogP contribution in [0.2, 0.25) is 0 Å². The van der Waals surface area contributed by atoms with E-state index >= 15 is 0 Å². The standard InChI is InChI=1S/C30H26O3/c1-30(2,3)23-17-15-21(16-18-23)28-29(27(31)25-13-6-7-14-26(25)33-28)32-19-22-11-8-10-20-9-4-5-12-24(20)22/h4-18H,19H2,1-3H3. The number of rotatable bonds is 4. The van der Waals surface area contributed by atoms with Gasteiger partial charge in [-0.2, -0.15) is 0 Å². The molecule has 4 aromatic carbocycles. The molecule has 0 radical (unpaired) electrons. The molecular weight excluding hydrogens is 408 g/mol. The Balaban J connectivity index is 1.61.